The molecule has 0 aromatic heterocycles. The zero-order valence-electron chi connectivity index (χ0n) is 8.65. The summed E-state index contributed by atoms with van der Waals surface area (Å²) < 4.78 is 4.44. The first-order valence-corrected chi connectivity index (χ1v) is 4.55. The van der Waals surface area contributed by atoms with Crippen molar-refractivity contribution < 1.29 is 14.6 Å². The molecule has 2 atom stereocenters. The van der Waals surface area contributed by atoms with Crippen molar-refractivity contribution in [3.63, 3.8) is 0 Å². The van der Waals surface area contributed by atoms with Crippen molar-refractivity contribution in [3.05, 3.63) is 46.3 Å². The molecule has 0 radical (unpaired) electrons. The molecule has 84 valence electrons. The van der Waals surface area contributed by atoms with E-state index in [1.54, 1.807) is 30.3 Å². The lowest BCUT2D eigenvalue weighted by atomic mass is 10.0. The first kappa shape index (κ1) is 12.0. The van der Waals surface area contributed by atoms with E-state index in [1.807, 2.05) is 0 Å². The molecule has 0 fully saturated rings. The van der Waals surface area contributed by atoms with Crippen LogP contribution in [0.1, 0.15) is 11.7 Å². The van der Waals surface area contributed by atoms with Crippen LogP contribution in [0.4, 0.5) is 0 Å². The van der Waals surface area contributed by atoms with Gasteiger partial charge in [0, 0.05) is 4.91 Å². The monoisotopic (exact) mass is 221 g/mol. The summed E-state index contributed by atoms with van der Waals surface area (Å²) in [6.07, 6.45) is -1.20. The lowest BCUT2D eigenvalue weighted by Gasteiger charge is -2.16. The van der Waals surface area contributed by atoms with Crippen LogP contribution in [0.2, 0.25) is 0 Å². The van der Waals surface area contributed by atoms with E-state index in [-0.39, 0.29) is 0 Å². The Morgan fingerprint density at radius 2 is 2.12 bits per heavy atom. The Labute approximate surface area is 92.1 Å². The summed E-state index contributed by atoms with van der Waals surface area (Å²) in [5, 5.41) is 13.1. The Bertz CT molecular complexity index is 401. The highest BCUT2D eigenvalue weighted by atomic mass is 16.5. The largest absolute Gasteiger partial charge is 0.469 e. The number of nitrogens with zero attached hydrogens (tertiary/aromatic N) is 3. The Morgan fingerprint density at radius 3 is 2.62 bits per heavy atom. The number of azide groups is 1. The number of hydrogen-bond acceptors (Lipinski definition) is 4. The summed E-state index contributed by atoms with van der Waals surface area (Å²) >= 11 is 0. The molecule has 6 nitrogen and oxygen atoms in total. The lowest BCUT2D eigenvalue weighted by Crippen LogP contribution is -2.27. The Morgan fingerprint density at radius 1 is 1.50 bits per heavy atom. The lowest BCUT2D eigenvalue weighted by molar-refractivity contribution is -0.144. The van der Waals surface area contributed by atoms with Gasteiger partial charge in [0.2, 0.25) is 0 Å². The van der Waals surface area contributed by atoms with Gasteiger partial charge in [-0.3, -0.25) is 4.79 Å². The van der Waals surface area contributed by atoms with Crippen LogP contribution in [-0.4, -0.2) is 24.2 Å². The van der Waals surface area contributed by atoms with Crippen LogP contribution in [0, 0.1) is 0 Å². The highest BCUT2D eigenvalue weighted by molar-refractivity contribution is 5.76. The van der Waals surface area contributed by atoms with Gasteiger partial charge in [-0.15, -0.1) is 0 Å². The smallest absolute Gasteiger partial charge is 0.317 e. The number of aliphatic hydroxyl groups excluding tert-OH is 1. The molecule has 0 aliphatic heterocycles. The van der Waals surface area contributed by atoms with Gasteiger partial charge in [-0.25, -0.2) is 0 Å². The van der Waals surface area contributed by atoms with Gasteiger partial charge in [0.25, 0.3) is 0 Å². The van der Waals surface area contributed by atoms with Crippen molar-refractivity contribution in [3.8, 4) is 0 Å². The third-order valence-electron chi connectivity index (χ3n) is 2.06. The van der Waals surface area contributed by atoms with E-state index in [4.69, 9.17) is 5.53 Å². The first-order valence-electron chi connectivity index (χ1n) is 4.55. The minimum Gasteiger partial charge on any atom is -0.469 e. The SMILES string of the molecule is COC(=O)C(N=[N+]=[N-])C(O)c1ccccc1. The second-order valence-corrected chi connectivity index (χ2v) is 3.03. The fourth-order valence-corrected chi connectivity index (χ4v) is 1.25. The first-order chi connectivity index (χ1) is 7.70. The summed E-state index contributed by atoms with van der Waals surface area (Å²) in [5.74, 6) is -0.769. The minimum atomic E-state index is -1.27. The van der Waals surface area contributed by atoms with E-state index < -0.39 is 18.1 Å². The standard InChI is InChI=1S/C10H11N3O3/c1-16-10(15)8(12-13-11)9(14)7-5-3-2-4-6-7/h2-6,8-9,14H,1H3. The Hall–Kier alpha value is -2.04. The van der Waals surface area contributed by atoms with Gasteiger partial charge >= 0.3 is 5.97 Å². The third-order valence-corrected chi connectivity index (χ3v) is 2.06. The molecule has 2 unspecified atom stereocenters. The molecule has 0 saturated carbocycles. The predicted molar refractivity (Wildman–Crippen MR) is 56.4 cm³/mol. The van der Waals surface area contributed by atoms with Gasteiger partial charge in [0.1, 0.15) is 0 Å². The quantitative estimate of drug-likeness (QED) is 0.361. The number of benzene rings is 1. The second kappa shape index (κ2) is 5.75. The van der Waals surface area contributed by atoms with E-state index in [2.05, 4.69) is 14.8 Å². The fourth-order valence-electron chi connectivity index (χ4n) is 1.25. The number of esters is 1. The Kier molecular flexibility index (Phi) is 4.32. The summed E-state index contributed by atoms with van der Waals surface area (Å²) in [6.45, 7) is 0. The molecular formula is C10H11N3O3. The number of methoxy groups -OCH3 is 1. The van der Waals surface area contributed by atoms with Crippen molar-refractivity contribution in [2.24, 2.45) is 5.11 Å². The molecular weight excluding hydrogens is 210 g/mol. The number of hydrogen-bond donors (Lipinski definition) is 1. The van der Waals surface area contributed by atoms with Crippen molar-refractivity contribution in [2.45, 2.75) is 12.1 Å². The zero-order valence-corrected chi connectivity index (χ0v) is 8.65. The number of aliphatic hydroxyl groups is 1. The van der Waals surface area contributed by atoms with E-state index >= 15 is 0 Å². The molecule has 1 rings (SSSR count). The van der Waals surface area contributed by atoms with E-state index in [0.29, 0.717) is 5.56 Å². The number of ether oxygens (including phenoxy) is 1. The van der Waals surface area contributed by atoms with Crippen LogP contribution in [0.5, 0.6) is 0 Å². The average Bonchev–Trinajstić information content (AvgIpc) is 2.35. The van der Waals surface area contributed by atoms with Crippen LogP contribution < -0.4 is 0 Å². The van der Waals surface area contributed by atoms with Crippen molar-refractivity contribution in [1.82, 2.24) is 0 Å². The maximum atomic E-state index is 11.3. The molecule has 0 amide bonds. The summed E-state index contributed by atoms with van der Waals surface area (Å²) in [7, 11) is 1.17. The van der Waals surface area contributed by atoms with Gasteiger partial charge in [0.15, 0.2) is 6.04 Å². The molecule has 1 aromatic rings. The number of rotatable bonds is 4. The fraction of sp³-hybridized carbons (Fsp3) is 0.300. The molecule has 0 bridgehead atoms. The van der Waals surface area contributed by atoms with Crippen LogP contribution >= 0.6 is 0 Å². The Balaban J connectivity index is 2.96. The third kappa shape index (κ3) is 2.73. The summed E-state index contributed by atoms with van der Waals surface area (Å²) in [4.78, 5) is 13.8. The molecule has 1 aromatic carbocycles. The molecule has 0 spiro atoms. The summed E-state index contributed by atoms with van der Waals surface area (Å²) in [5.41, 5.74) is 8.81. The van der Waals surface area contributed by atoms with Crippen molar-refractivity contribution in [2.75, 3.05) is 7.11 Å². The molecule has 0 heterocycles. The highest BCUT2D eigenvalue weighted by Gasteiger charge is 2.27. The zero-order chi connectivity index (χ0) is 12.0. The average molecular weight is 221 g/mol. The van der Waals surface area contributed by atoms with E-state index in [1.165, 1.54) is 7.11 Å². The normalized spacial score (nSPS) is 13.4. The summed E-state index contributed by atoms with van der Waals surface area (Å²) in [6, 6.07) is 7.20. The van der Waals surface area contributed by atoms with Crippen molar-refractivity contribution in [1.29, 1.82) is 0 Å². The molecule has 0 saturated heterocycles. The maximum absolute atomic E-state index is 11.3. The van der Waals surface area contributed by atoms with E-state index in [9.17, 15) is 9.90 Å². The van der Waals surface area contributed by atoms with Crippen molar-refractivity contribution >= 4 is 5.97 Å². The topological polar surface area (TPSA) is 95.3 Å². The maximum Gasteiger partial charge on any atom is 0.317 e. The minimum absolute atomic E-state index is 0.491. The molecule has 6 heteroatoms. The molecule has 0 aliphatic carbocycles. The van der Waals surface area contributed by atoms with Gasteiger partial charge < -0.3 is 9.84 Å². The van der Waals surface area contributed by atoms with Crippen LogP contribution in [0.25, 0.3) is 10.4 Å². The van der Waals surface area contributed by atoms with E-state index in [0.717, 1.165) is 0 Å². The highest BCUT2D eigenvalue weighted by Crippen LogP contribution is 2.19. The molecule has 1 N–H and O–H groups in total. The predicted octanol–water partition coefficient (Wildman–Crippen LogP) is 1.57. The van der Waals surface area contributed by atoms with Gasteiger partial charge in [-0.05, 0) is 11.1 Å². The van der Waals surface area contributed by atoms with Crippen LogP contribution in [-0.2, 0) is 9.53 Å². The second-order valence-electron chi connectivity index (χ2n) is 3.03. The van der Waals surface area contributed by atoms with Gasteiger partial charge in [0.05, 0.1) is 13.2 Å². The van der Waals surface area contributed by atoms with Gasteiger partial charge in [-0.2, -0.15) is 0 Å². The molecule has 0 aliphatic rings. The van der Waals surface area contributed by atoms with Crippen LogP contribution in [0.3, 0.4) is 0 Å². The van der Waals surface area contributed by atoms with Gasteiger partial charge in [-0.1, -0.05) is 35.4 Å². The number of carbonyl (C=O) groups excluding carboxylic acids is 1. The molecule has 16 heavy (non-hydrogen) atoms. The number of carbonyl (C=O) groups is 1. The van der Waals surface area contributed by atoms with Crippen LogP contribution in [0.15, 0.2) is 35.4 Å².